The van der Waals surface area contributed by atoms with Crippen molar-refractivity contribution in [3.63, 3.8) is 0 Å². The van der Waals surface area contributed by atoms with E-state index in [-0.39, 0.29) is 48.8 Å². The van der Waals surface area contributed by atoms with Crippen LogP contribution in [-0.4, -0.2) is 24.0 Å². The minimum Gasteiger partial charge on any atom is -0.370 e. The summed E-state index contributed by atoms with van der Waals surface area (Å²) in [6, 6.07) is 9.80. The summed E-state index contributed by atoms with van der Waals surface area (Å²) >= 11 is 0. The Morgan fingerprint density at radius 2 is 1.88 bits per heavy atom. The molecule has 0 fully saturated rings. The number of guanidine groups is 1. The van der Waals surface area contributed by atoms with Crippen LogP contribution in [0, 0.1) is 6.92 Å². The molecule has 2 aromatic rings. The number of alkyl halides is 3. The lowest BCUT2D eigenvalue weighted by molar-refractivity contribution is -0.137. The lowest BCUT2D eigenvalue weighted by Gasteiger charge is -2.12. The molecule has 2 rings (SSSR count). The highest BCUT2D eigenvalue weighted by Gasteiger charge is 2.33. The third-order valence-corrected chi connectivity index (χ3v) is 3.12. The molecule has 0 spiro atoms. The van der Waals surface area contributed by atoms with Gasteiger partial charge in [-0.15, -0.1) is 24.0 Å². The maximum Gasteiger partial charge on any atom is 0.419 e. The fourth-order valence-corrected chi connectivity index (χ4v) is 1.95. The van der Waals surface area contributed by atoms with Gasteiger partial charge in [-0.05, 0) is 31.2 Å². The smallest absolute Gasteiger partial charge is 0.370 e. The topological polar surface area (TPSA) is 75.3 Å². The first-order valence-corrected chi connectivity index (χ1v) is 7.26. The van der Waals surface area contributed by atoms with Gasteiger partial charge in [-0.1, -0.05) is 17.7 Å². The number of benzene rings is 1. The van der Waals surface area contributed by atoms with Gasteiger partial charge in [0.2, 0.25) is 0 Å². The minimum absolute atomic E-state index is 0. The van der Waals surface area contributed by atoms with Crippen LogP contribution in [0.15, 0.2) is 47.6 Å². The Bertz CT molecular complexity index is 702. The minimum atomic E-state index is -4.45. The summed E-state index contributed by atoms with van der Waals surface area (Å²) < 4.78 is 38.5. The number of halogens is 4. The van der Waals surface area contributed by atoms with E-state index in [0.717, 1.165) is 17.3 Å². The molecule has 0 aliphatic rings. The van der Waals surface area contributed by atoms with Crippen molar-refractivity contribution in [3.05, 3.63) is 53.7 Å². The molecule has 0 saturated carbocycles. The molecule has 0 atom stereocenters. The molecule has 1 aromatic heterocycles. The van der Waals surface area contributed by atoms with Crippen LogP contribution < -0.4 is 16.4 Å². The van der Waals surface area contributed by atoms with Crippen LogP contribution in [0.1, 0.15) is 11.1 Å². The van der Waals surface area contributed by atoms with E-state index in [0.29, 0.717) is 0 Å². The third kappa shape index (κ3) is 6.77. The van der Waals surface area contributed by atoms with E-state index in [9.17, 15) is 13.2 Å². The third-order valence-electron chi connectivity index (χ3n) is 3.12. The molecule has 0 amide bonds. The van der Waals surface area contributed by atoms with E-state index in [2.05, 4.69) is 20.6 Å². The fourth-order valence-electron chi connectivity index (χ4n) is 1.95. The lowest BCUT2D eigenvalue weighted by Crippen LogP contribution is -2.24. The van der Waals surface area contributed by atoms with Crippen LogP contribution in [0.5, 0.6) is 0 Å². The SMILES string of the molecule is Cc1ccc(NC(N)=NCCNc2ncccc2C(F)(F)F)cc1.I. The second kappa shape index (κ2) is 9.44. The van der Waals surface area contributed by atoms with Crippen LogP contribution in [-0.2, 0) is 6.18 Å². The molecule has 136 valence electrons. The molecule has 5 nitrogen and oxygen atoms in total. The van der Waals surface area contributed by atoms with Crippen molar-refractivity contribution in [2.75, 3.05) is 23.7 Å². The van der Waals surface area contributed by atoms with Crippen molar-refractivity contribution >= 4 is 41.4 Å². The average molecular weight is 465 g/mol. The largest absolute Gasteiger partial charge is 0.419 e. The van der Waals surface area contributed by atoms with E-state index < -0.39 is 11.7 Å². The van der Waals surface area contributed by atoms with Crippen molar-refractivity contribution in [3.8, 4) is 0 Å². The Balaban J connectivity index is 0.00000312. The molecule has 0 saturated heterocycles. The summed E-state index contributed by atoms with van der Waals surface area (Å²) in [6.45, 7) is 2.36. The first kappa shape index (κ1) is 21.0. The average Bonchev–Trinajstić information content (AvgIpc) is 2.53. The number of hydrogen-bond acceptors (Lipinski definition) is 3. The molecule has 0 aliphatic carbocycles. The van der Waals surface area contributed by atoms with Gasteiger partial charge < -0.3 is 16.4 Å². The Kier molecular flexibility index (Phi) is 7.94. The summed E-state index contributed by atoms with van der Waals surface area (Å²) in [5.41, 5.74) is 6.84. The van der Waals surface area contributed by atoms with E-state index in [4.69, 9.17) is 5.73 Å². The summed E-state index contributed by atoms with van der Waals surface area (Å²) in [5.74, 6) is -0.0250. The number of anilines is 2. The molecule has 0 radical (unpaired) electrons. The highest BCUT2D eigenvalue weighted by Crippen LogP contribution is 2.33. The Morgan fingerprint density at radius 3 is 2.52 bits per heavy atom. The quantitative estimate of drug-likeness (QED) is 0.271. The van der Waals surface area contributed by atoms with Crippen LogP contribution >= 0.6 is 24.0 Å². The van der Waals surface area contributed by atoms with Gasteiger partial charge >= 0.3 is 6.18 Å². The Labute approximate surface area is 161 Å². The second-order valence-corrected chi connectivity index (χ2v) is 5.08. The molecule has 25 heavy (non-hydrogen) atoms. The zero-order valence-corrected chi connectivity index (χ0v) is 15.8. The van der Waals surface area contributed by atoms with E-state index in [1.807, 2.05) is 31.2 Å². The predicted molar refractivity (Wildman–Crippen MR) is 104 cm³/mol. The molecule has 1 heterocycles. The number of nitrogens with one attached hydrogen (secondary N) is 2. The van der Waals surface area contributed by atoms with E-state index in [1.165, 1.54) is 12.3 Å². The van der Waals surface area contributed by atoms with Crippen molar-refractivity contribution in [1.82, 2.24) is 4.98 Å². The monoisotopic (exact) mass is 465 g/mol. The van der Waals surface area contributed by atoms with Gasteiger partial charge in [-0.2, -0.15) is 13.2 Å². The second-order valence-electron chi connectivity index (χ2n) is 5.08. The highest BCUT2D eigenvalue weighted by atomic mass is 127. The van der Waals surface area contributed by atoms with Crippen molar-refractivity contribution < 1.29 is 13.2 Å². The zero-order valence-electron chi connectivity index (χ0n) is 13.5. The van der Waals surface area contributed by atoms with E-state index in [1.54, 1.807) is 0 Å². The number of aromatic nitrogens is 1. The molecular formula is C16H19F3IN5. The van der Waals surface area contributed by atoms with Crippen molar-refractivity contribution in [1.29, 1.82) is 0 Å². The molecule has 4 N–H and O–H groups in total. The first-order valence-electron chi connectivity index (χ1n) is 7.26. The molecule has 0 bridgehead atoms. The van der Waals surface area contributed by atoms with Gasteiger partial charge in [0, 0.05) is 18.4 Å². The summed E-state index contributed by atoms with van der Waals surface area (Å²) in [5, 5.41) is 5.53. The Morgan fingerprint density at radius 1 is 1.20 bits per heavy atom. The number of aryl methyl sites for hydroxylation is 1. The maximum atomic E-state index is 12.8. The van der Waals surface area contributed by atoms with E-state index >= 15 is 0 Å². The van der Waals surface area contributed by atoms with Crippen molar-refractivity contribution in [2.45, 2.75) is 13.1 Å². The van der Waals surface area contributed by atoms with Gasteiger partial charge in [0.05, 0.1) is 12.1 Å². The zero-order chi connectivity index (χ0) is 17.6. The standard InChI is InChI=1S/C16H18F3N5.HI/c1-11-4-6-12(7-5-11)24-15(20)23-10-9-22-14-13(16(17,18)19)3-2-8-21-14;/h2-8H,9-10H2,1H3,(H,21,22)(H3,20,23,24);1H. The summed E-state index contributed by atoms with van der Waals surface area (Å²) in [4.78, 5) is 7.77. The van der Waals surface area contributed by atoms with Crippen LogP contribution in [0.2, 0.25) is 0 Å². The van der Waals surface area contributed by atoms with Gasteiger partial charge in [-0.3, -0.25) is 4.99 Å². The Hall–Kier alpha value is -2.04. The van der Waals surface area contributed by atoms with Crippen LogP contribution in [0.4, 0.5) is 24.7 Å². The highest BCUT2D eigenvalue weighted by molar-refractivity contribution is 14.0. The number of pyridine rings is 1. The number of nitrogens with zero attached hydrogens (tertiary/aromatic N) is 2. The fraction of sp³-hybridized carbons (Fsp3) is 0.250. The van der Waals surface area contributed by atoms with Crippen LogP contribution in [0.25, 0.3) is 0 Å². The molecule has 0 unspecified atom stereocenters. The van der Waals surface area contributed by atoms with Crippen LogP contribution in [0.3, 0.4) is 0 Å². The normalized spacial score (nSPS) is 11.6. The lowest BCUT2D eigenvalue weighted by atomic mass is 10.2. The summed E-state index contributed by atoms with van der Waals surface area (Å²) in [7, 11) is 0. The number of hydrogen-bond donors (Lipinski definition) is 3. The maximum absolute atomic E-state index is 12.8. The number of rotatable bonds is 5. The summed E-state index contributed by atoms with van der Waals surface area (Å²) in [6.07, 6.45) is -3.15. The molecule has 1 aromatic carbocycles. The molecular weight excluding hydrogens is 446 g/mol. The van der Waals surface area contributed by atoms with Gasteiger partial charge in [0.25, 0.3) is 0 Å². The van der Waals surface area contributed by atoms with Gasteiger partial charge in [-0.25, -0.2) is 4.98 Å². The van der Waals surface area contributed by atoms with Crippen molar-refractivity contribution in [2.24, 2.45) is 10.7 Å². The van der Waals surface area contributed by atoms with Gasteiger partial charge in [0.1, 0.15) is 5.82 Å². The first-order chi connectivity index (χ1) is 11.4. The predicted octanol–water partition coefficient (Wildman–Crippen LogP) is 3.87. The molecule has 0 aliphatic heterocycles. The number of aliphatic imine (C=N–C) groups is 1. The molecule has 9 heteroatoms. The van der Waals surface area contributed by atoms with Gasteiger partial charge in [0.15, 0.2) is 5.96 Å². The number of nitrogens with two attached hydrogens (primary N) is 1.